The van der Waals surface area contributed by atoms with Crippen molar-refractivity contribution in [2.75, 3.05) is 110 Å². The molecule has 0 saturated carbocycles. The third kappa shape index (κ3) is 28.0. The molecule has 0 fully saturated rings. The molecule has 0 aliphatic carbocycles. The van der Waals surface area contributed by atoms with Crippen LogP contribution in [0.2, 0.25) is 0 Å². The van der Waals surface area contributed by atoms with Crippen molar-refractivity contribution in [2.45, 2.75) is 135 Å². The first-order chi connectivity index (χ1) is 47.0. The van der Waals surface area contributed by atoms with Crippen molar-refractivity contribution in [1.82, 2.24) is 5.32 Å². The Hall–Kier alpha value is -9.36. The smallest absolute Gasteiger partial charge is 0.309 e. The number of nitro benzene ring substituents is 6. The predicted octanol–water partition coefficient (Wildman–Crippen LogP) is 12.6. The first-order valence-electron chi connectivity index (χ1n) is 33.3. The number of hydrogen-bond acceptors (Lipinski definition) is 21. The minimum atomic E-state index is -1.40. The molecule has 5 aromatic rings. The number of carbonyl (C=O) groups excluding carboxylic acids is 3. The van der Waals surface area contributed by atoms with E-state index in [2.05, 4.69) is 116 Å². The number of unbranched alkanes of at least 4 members (excludes halogenated alkanes) is 9. The van der Waals surface area contributed by atoms with Crippen molar-refractivity contribution in [3.8, 4) is 0 Å². The summed E-state index contributed by atoms with van der Waals surface area (Å²) in [6, 6.07) is 18.3. The average Bonchev–Trinajstić information content (AvgIpc) is 0.762. The number of nitrogens with zero attached hydrogens (tertiary/aromatic N) is 9. The van der Waals surface area contributed by atoms with Gasteiger partial charge in [-0.25, -0.2) is 4.57 Å². The summed E-state index contributed by atoms with van der Waals surface area (Å²) in [6.07, 6.45) is 22.0. The number of non-ortho nitro benzene ring substituents is 1. The number of ketones is 2. The number of likely N-dealkylation sites (N-methyl/N-ethyl adjacent to an activating group) is 1. The predicted molar refractivity (Wildman–Crippen MR) is 370 cm³/mol. The lowest BCUT2D eigenvalue weighted by Crippen LogP contribution is -2.43. The van der Waals surface area contributed by atoms with Gasteiger partial charge in [0.2, 0.25) is 5.91 Å². The quantitative estimate of drug-likeness (QED) is 0.0120. The van der Waals surface area contributed by atoms with Crippen LogP contribution < -0.4 is 20.1 Å². The molecule has 1 aromatic heterocycles. The topological polar surface area (TPSA) is 378 Å². The zero-order valence-corrected chi connectivity index (χ0v) is 56.6. The Bertz CT molecular complexity index is 3500. The number of anilines is 3. The van der Waals surface area contributed by atoms with E-state index >= 15 is 0 Å². The van der Waals surface area contributed by atoms with E-state index in [1.165, 1.54) is 42.3 Å². The number of Topliss-reactive ketones (excluding diaryl/α,β-unsaturated/α-hetero) is 2. The number of pyridine rings is 1. The number of amides is 1. The maximum atomic E-state index is 12.8. The van der Waals surface area contributed by atoms with E-state index in [4.69, 9.17) is 18.9 Å². The van der Waals surface area contributed by atoms with Gasteiger partial charge in [0, 0.05) is 76.9 Å². The highest BCUT2D eigenvalue weighted by atomic mass is 16.7. The van der Waals surface area contributed by atoms with Crippen LogP contribution in [0.3, 0.4) is 0 Å². The molecule has 0 aliphatic rings. The molecular formula is C68H93N11O19+2. The van der Waals surface area contributed by atoms with Gasteiger partial charge >= 0.3 is 22.7 Å². The Balaban J connectivity index is 0.818. The largest absolute Gasteiger partial charge is 0.379 e. The van der Waals surface area contributed by atoms with Crippen LogP contribution in [-0.4, -0.2) is 152 Å². The number of fused-ring (bicyclic) bond motifs is 1. The Morgan fingerprint density at radius 3 is 1.63 bits per heavy atom. The number of aromatic nitrogens is 1. The molecule has 1 heterocycles. The summed E-state index contributed by atoms with van der Waals surface area (Å²) >= 11 is 0. The van der Waals surface area contributed by atoms with Crippen LogP contribution >= 0.6 is 0 Å². The fourth-order valence-electron chi connectivity index (χ4n) is 11.0. The highest BCUT2D eigenvalue weighted by Gasteiger charge is 2.40. The molecule has 5 rings (SSSR count). The Kier molecular flexibility index (Phi) is 34.3. The number of nitro groups is 6. The van der Waals surface area contributed by atoms with Crippen LogP contribution in [0.25, 0.3) is 22.9 Å². The summed E-state index contributed by atoms with van der Waals surface area (Å²) in [5.41, 5.74) is -7.69. The van der Waals surface area contributed by atoms with Crippen molar-refractivity contribution >= 4 is 91.6 Å². The zero-order valence-electron chi connectivity index (χ0n) is 56.6. The molecule has 0 aliphatic heterocycles. The molecule has 1 amide bonds. The standard InChI is InChI=1S/C68H92N11O19/c1-5-6-37-79(3,4)38-18-33-72-34-30-52(31-35-72)22-23-53-24-25-55-47-56(27-26-54(55)46-53)71(2)36-41-97-43-42-95-39-16-20-58(80)19-14-12-10-8-7-9-11-13-15-32-69-65(82)51-98-45-44-96-40-17-21-59(81)28-29-60-61(74(85)86)50-64(77(91)92)67(68(60)78(93)94)70-66-62(75(87)88)48-57(73(83)84)49-63(66)76(89)90/h22-27,30-31,34-35,46-50,70H,5-21,28-29,32-33,36-45,51H2,1-4H3/q+1/p+1. The molecule has 30 heteroatoms. The average molecular weight is 1370 g/mol. The van der Waals surface area contributed by atoms with E-state index in [1.54, 1.807) is 0 Å². The Morgan fingerprint density at radius 2 is 1.04 bits per heavy atom. The fraction of sp³-hybridized carbons (Fsp3) is 0.529. The number of ether oxygens (including phenoxy) is 4. The van der Waals surface area contributed by atoms with Crippen molar-refractivity contribution in [3.05, 3.63) is 156 Å². The molecule has 4 aromatic carbocycles. The highest BCUT2D eigenvalue weighted by molar-refractivity contribution is 5.91. The molecule has 0 unspecified atom stereocenters. The first kappa shape index (κ1) is 79.3. The monoisotopic (exact) mass is 1370 g/mol. The van der Waals surface area contributed by atoms with Gasteiger partial charge in [0.15, 0.2) is 30.3 Å². The van der Waals surface area contributed by atoms with Crippen molar-refractivity contribution in [3.63, 3.8) is 0 Å². The molecule has 0 saturated heterocycles. The third-order valence-electron chi connectivity index (χ3n) is 16.5. The second-order valence-electron chi connectivity index (χ2n) is 24.6. The van der Waals surface area contributed by atoms with Gasteiger partial charge in [-0.15, -0.1) is 0 Å². The van der Waals surface area contributed by atoms with E-state index in [0.717, 1.165) is 93.0 Å². The van der Waals surface area contributed by atoms with Crippen molar-refractivity contribution < 1.29 is 71.9 Å². The van der Waals surface area contributed by atoms with Crippen LogP contribution in [0.1, 0.15) is 139 Å². The van der Waals surface area contributed by atoms with Gasteiger partial charge in [-0.3, -0.25) is 75.1 Å². The zero-order chi connectivity index (χ0) is 71.4. The van der Waals surface area contributed by atoms with Gasteiger partial charge < -0.3 is 39.0 Å². The number of hydrogen-bond donors (Lipinski definition) is 2. The van der Waals surface area contributed by atoms with Crippen LogP contribution in [-0.2, 0) is 46.3 Å². The lowest BCUT2D eigenvalue weighted by molar-refractivity contribution is -0.893. The second-order valence-corrected chi connectivity index (χ2v) is 24.6. The number of benzene rings is 4. The number of rotatable bonds is 52. The molecule has 0 radical (unpaired) electrons. The molecule has 30 nitrogen and oxygen atoms in total. The minimum absolute atomic E-state index is 0.0430. The molecule has 0 atom stereocenters. The summed E-state index contributed by atoms with van der Waals surface area (Å²) in [5, 5.41) is 78.7. The first-order valence-corrected chi connectivity index (χ1v) is 33.3. The number of aryl methyl sites for hydroxylation is 1. The van der Waals surface area contributed by atoms with E-state index < -0.39 is 99.2 Å². The normalized spacial score (nSPS) is 11.5. The van der Waals surface area contributed by atoms with Crippen LogP contribution in [0.5, 0.6) is 0 Å². The van der Waals surface area contributed by atoms with E-state index in [-0.39, 0.29) is 69.2 Å². The van der Waals surface area contributed by atoms with Crippen LogP contribution in [0, 0.1) is 60.7 Å². The van der Waals surface area contributed by atoms with Crippen LogP contribution in [0.4, 0.5) is 51.2 Å². The number of quaternary nitrogens is 1. The highest BCUT2D eigenvalue weighted by Crippen LogP contribution is 2.48. The molecule has 98 heavy (non-hydrogen) atoms. The minimum Gasteiger partial charge on any atom is -0.379 e. The van der Waals surface area contributed by atoms with Gasteiger partial charge in [-0.2, -0.15) is 0 Å². The molecule has 0 spiro atoms. The number of nitrogens with one attached hydrogen (secondary N) is 2. The molecule has 2 N–H and O–H groups in total. The second kappa shape index (κ2) is 42.3. The Labute approximate surface area is 569 Å². The van der Waals surface area contributed by atoms with E-state index in [0.29, 0.717) is 52.2 Å². The third-order valence-corrected chi connectivity index (χ3v) is 16.5. The maximum Gasteiger partial charge on any atom is 0.309 e. The number of carbonyl (C=O) groups is 3. The van der Waals surface area contributed by atoms with Crippen LogP contribution in [0.15, 0.2) is 79.1 Å². The fourth-order valence-corrected chi connectivity index (χ4v) is 11.0. The van der Waals surface area contributed by atoms with Gasteiger partial charge in [0.05, 0.1) is 114 Å². The van der Waals surface area contributed by atoms with Gasteiger partial charge in [-0.1, -0.05) is 88.6 Å². The summed E-state index contributed by atoms with van der Waals surface area (Å²) in [4.78, 5) is 104. The summed E-state index contributed by atoms with van der Waals surface area (Å²) in [6.45, 7) is 9.02. The molecular weight excluding hydrogens is 1270 g/mol. The van der Waals surface area contributed by atoms with Gasteiger partial charge in [-0.05, 0) is 78.6 Å². The summed E-state index contributed by atoms with van der Waals surface area (Å²) < 4.78 is 25.7. The Morgan fingerprint density at radius 1 is 0.520 bits per heavy atom. The van der Waals surface area contributed by atoms with E-state index in [9.17, 15) is 75.1 Å². The van der Waals surface area contributed by atoms with Crippen molar-refractivity contribution in [2.24, 2.45) is 0 Å². The van der Waals surface area contributed by atoms with Gasteiger partial charge in [0.1, 0.15) is 23.7 Å². The molecule has 532 valence electrons. The lowest BCUT2D eigenvalue weighted by Gasteiger charge is -2.29. The summed E-state index contributed by atoms with van der Waals surface area (Å²) in [5.74, 6) is -0.578. The van der Waals surface area contributed by atoms with Gasteiger partial charge in [0.25, 0.3) is 11.4 Å². The summed E-state index contributed by atoms with van der Waals surface area (Å²) in [7, 11) is 6.73. The van der Waals surface area contributed by atoms with E-state index in [1.807, 2.05) is 5.32 Å². The van der Waals surface area contributed by atoms with Crippen molar-refractivity contribution in [1.29, 1.82) is 0 Å². The lowest BCUT2D eigenvalue weighted by atomic mass is 9.99. The SMILES string of the molecule is CCCC[N+](C)(C)CCC[n+]1ccc(/C=C/c2ccc3cc(N(C)CCOCCOCCCC(=O)CCCCCCCCCCCNC(=O)COCCOCCCC(=O)CCc4c([N+](=O)[O-])cc([N+](=O)[O-])c(Nc5c([N+](=O)[O-])cc([N+](=O)[O-])cc5[N+](=O)[O-])c4[N+](=O)[O-])ccc3c2)cc1. The molecule has 0 bridgehead atoms. The maximum absolute atomic E-state index is 12.8.